The number of rotatable bonds is 8. The van der Waals surface area contributed by atoms with Crippen LogP contribution in [0.5, 0.6) is 0 Å². The van der Waals surface area contributed by atoms with Crippen LogP contribution in [0.1, 0.15) is 99.3 Å². The molecular weight excluding hydrogens is 379 g/mol. The molecule has 0 amide bonds. The summed E-state index contributed by atoms with van der Waals surface area (Å²) in [4.78, 5) is 0. The van der Waals surface area contributed by atoms with Crippen molar-refractivity contribution in [2.45, 2.75) is 96.6 Å². The van der Waals surface area contributed by atoms with E-state index in [0.717, 1.165) is 42.1 Å². The Balaban J connectivity index is 1.22. The third-order valence-electron chi connectivity index (χ3n) is 8.36. The standard InChI is InChI=1S/C30H41F/c1-2-3-23-10-14-27(15-11-23)29-18-20-30(21-19-29)28-16-12-25(13-17-28)5-4-24-6-8-26(22-31)9-7-24/h6-9,12-13,16-17,23,27,29-30H,2-5,10-11,14-15,18-22H2,1H3/t23-,27-,29-,30-. The Kier molecular flexibility index (Phi) is 8.22. The summed E-state index contributed by atoms with van der Waals surface area (Å²) in [6.45, 7) is 1.97. The molecule has 0 bridgehead atoms. The van der Waals surface area contributed by atoms with Gasteiger partial charge in [-0.1, -0.05) is 81.1 Å². The van der Waals surface area contributed by atoms with Crippen LogP contribution in [0.15, 0.2) is 48.5 Å². The molecule has 0 unspecified atom stereocenters. The molecule has 4 rings (SSSR count). The highest BCUT2D eigenvalue weighted by Crippen LogP contribution is 2.44. The largest absolute Gasteiger partial charge is 0.246 e. The zero-order valence-electron chi connectivity index (χ0n) is 19.5. The Morgan fingerprint density at radius 1 is 0.645 bits per heavy atom. The summed E-state index contributed by atoms with van der Waals surface area (Å²) in [6, 6.07) is 17.4. The van der Waals surface area contributed by atoms with E-state index < -0.39 is 0 Å². The topological polar surface area (TPSA) is 0 Å². The van der Waals surface area contributed by atoms with Crippen molar-refractivity contribution in [3.05, 3.63) is 70.8 Å². The summed E-state index contributed by atoms with van der Waals surface area (Å²) in [5.74, 6) is 3.83. The number of alkyl halides is 1. The van der Waals surface area contributed by atoms with E-state index in [1.54, 1.807) is 5.56 Å². The van der Waals surface area contributed by atoms with Crippen molar-refractivity contribution in [2.75, 3.05) is 0 Å². The van der Waals surface area contributed by atoms with Crippen LogP contribution in [0.4, 0.5) is 4.39 Å². The molecule has 2 aromatic carbocycles. The molecule has 2 saturated carbocycles. The minimum absolute atomic E-state index is 0.371. The minimum atomic E-state index is -0.371. The average molecular weight is 421 g/mol. The molecule has 0 saturated heterocycles. The van der Waals surface area contributed by atoms with E-state index in [2.05, 4.69) is 43.3 Å². The first kappa shape index (κ1) is 22.6. The van der Waals surface area contributed by atoms with Gasteiger partial charge in [0.25, 0.3) is 0 Å². The van der Waals surface area contributed by atoms with Crippen molar-refractivity contribution in [3.8, 4) is 0 Å². The third kappa shape index (κ3) is 6.21. The van der Waals surface area contributed by atoms with Crippen LogP contribution in [0.25, 0.3) is 0 Å². The molecular formula is C30H41F. The van der Waals surface area contributed by atoms with E-state index in [0.29, 0.717) is 0 Å². The number of benzene rings is 2. The molecule has 0 spiro atoms. The summed E-state index contributed by atoms with van der Waals surface area (Å²) in [5, 5.41) is 0. The Bertz CT molecular complexity index is 759. The molecule has 0 atom stereocenters. The minimum Gasteiger partial charge on any atom is -0.246 e. The highest BCUT2D eigenvalue weighted by atomic mass is 19.1. The predicted octanol–water partition coefficient (Wildman–Crippen LogP) is 8.82. The van der Waals surface area contributed by atoms with Gasteiger partial charge < -0.3 is 0 Å². The molecule has 0 aromatic heterocycles. The number of aryl methyl sites for hydroxylation is 2. The van der Waals surface area contributed by atoms with Crippen molar-refractivity contribution < 1.29 is 4.39 Å². The maximum Gasteiger partial charge on any atom is 0.115 e. The van der Waals surface area contributed by atoms with E-state index in [1.807, 2.05) is 12.1 Å². The fourth-order valence-corrected chi connectivity index (χ4v) is 6.32. The van der Waals surface area contributed by atoms with Crippen molar-refractivity contribution in [3.63, 3.8) is 0 Å². The fourth-order valence-electron chi connectivity index (χ4n) is 6.32. The van der Waals surface area contributed by atoms with Crippen LogP contribution in [0.2, 0.25) is 0 Å². The van der Waals surface area contributed by atoms with Gasteiger partial charge in [0.15, 0.2) is 0 Å². The van der Waals surface area contributed by atoms with E-state index in [4.69, 9.17) is 0 Å². The highest BCUT2D eigenvalue weighted by molar-refractivity contribution is 5.28. The van der Waals surface area contributed by atoms with Gasteiger partial charge in [-0.15, -0.1) is 0 Å². The quantitative estimate of drug-likeness (QED) is 0.400. The van der Waals surface area contributed by atoms with Crippen LogP contribution in [0.3, 0.4) is 0 Å². The Morgan fingerprint density at radius 2 is 1.13 bits per heavy atom. The van der Waals surface area contributed by atoms with E-state index in [-0.39, 0.29) is 6.67 Å². The maximum absolute atomic E-state index is 12.7. The van der Waals surface area contributed by atoms with Crippen molar-refractivity contribution >= 4 is 0 Å². The first-order chi connectivity index (χ1) is 15.2. The summed E-state index contributed by atoms with van der Waals surface area (Å²) >= 11 is 0. The molecule has 0 N–H and O–H groups in total. The number of hydrogen-bond donors (Lipinski definition) is 0. The highest BCUT2D eigenvalue weighted by Gasteiger charge is 2.31. The smallest absolute Gasteiger partial charge is 0.115 e. The van der Waals surface area contributed by atoms with E-state index >= 15 is 0 Å². The Labute approximate surface area is 189 Å². The zero-order valence-corrected chi connectivity index (χ0v) is 19.5. The summed E-state index contributed by atoms with van der Waals surface area (Å²) in [6.07, 6.45) is 16.6. The van der Waals surface area contributed by atoms with Crippen molar-refractivity contribution in [2.24, 2.45) is 17.8 Å². The summed E-state index contributed by atoms with van der Waals surface area (Å²) < 4.78 is 12.7. The van der Waals surface area contributed by atoms with Crippen LogP contribution in [0, 0.1) is 17.8 Å². The van der Waals surface area contributed by atoms with Gasteiger partial charge in [0.2, 0.25) is 0 Å². The molecule has 31 heavy (non-hydrogen) atoms. The maximum atomic E-state index is 12.7. The molecule has 0 nitrogen and oxygen atoms in total. The Morgan fingerprint density at radius 3 is 1.65 bits per heavy atom. The van der Waals surface area contributed by atoms with Crippen molar-refractivity contribution in [1.82, 2.24) is 0 Å². The van der Waals surface area contributed by atoms with Gasteiger partial charge in [-0.05, 0) is 97.3 Å². The molecule has 0 aliphatic heterocycles. The lowest BCUT2D eigenvalue weighted by Gasteiger charge is -2.38. The van der Waals surface area contributed by atoms with Crippen molar-refractivity contribution in [1.29, 1.82) is 0 Å². The lowest BCUT2D eigenvalue weighted by Crippen LogP contribution is -2.25. The van der Waals surface area contributed by atoms with Gasteiger partial charge in [-0.3, -0.25) is 0 Å². The monoisotopic (exact) mass is 420 g/mol. The molecule has 2 aromatic rings. The first-order valence-electron chi connectivity index (χ1n) is 13.0. The van der Waals surface area contributed by atoms with Gasteiger partial charge in [0.1, 0.15) is 6.67 Å². The van der Waals surface area contributed by atoms with Gasteiger partial charge in [0.05, 0.1) is 0 Å². The lowest BCUT2D eigenvalue weighted by molar-refractivity contribution is 0.156. The van der Waals surface area contributed by atoms with Gasteiger partial charge in [-0.2, -0.15) is 0 Å². The van der Waals surface area contributed by atoms with Crippen LogP contribution in [-0.4, -0.2) is 0 Å². The Hall–Kier alpha value is -1.63. The lowest BCUT2D eigenvalue weighted by atomic mass is 9.68. The van der Waals surface area contributed by atoms with Crippen LogP contribution >= 0.6 is 0 Å². The third-order valence-corrected chi connectivity index (χ3v) is 8.36. The predicted molar refractivity (Wildman–Crippen MR) is 130 cm³/mol. The molecule has 1 heteroatoms. The van der Waals surface area contributed by atoms with Gasteiger partial charge in [-0.25, -0.2) is 4.39 Å². The SMILES string of the molecule is CCC[C@H]1CC[C@H]([C@H]2CC[C@H](c3ccc(CCc4ccc(CF)cc4)cc3)CC2)CC1. The van der Waals surface area contributed by atoms with Crippen LogP contribution < -0.4 is 0 Å². The van der Waals surface area contributed by atoms with Crippen LogP contribution in [-0.2, 0) is 19.5 Å². The summed E-state index contributed by atoms with van der Waals surface area (Å²) in [5.41, 5.74) is 5.03. The zero-order chi connectivity index (χ0) is 21.5. The second kappa shape index (κ2) is 11.3. The second-order valence-electron chi connectivity index (χ2n) is 10.4. The molecule has 2 aliphatic rings. The molecule has 0 radical (unpaired) electrons. The summed E-state index contributed by atoms with van der Waals surface area (Å²) in [7, 11) is 0. The fraction of sp³-hybridized carbons (Fsp3) is 0.600. The molecule has 0 heterocycles. The van der Waals surface area contributed by atoms with E-state index in [9.17, 15) is 4.39 Å². The molecule has 2 aliphatic carbocycles. The number of halogens is 1. The number of hydrogen-bond acceptors (Lipinski definition) is 0. The molecule has 168 valence electrons. The van der Waals surface area contributed by atoms with Gasteiger partial charge in [0, 0.05) is 0 Å². The van der Waals surface area contributed by atoms with E-state index in [1.165, 1.54) is 75.3 Å². The second-order valence-corrected chi connectivity index (χ2v) is 10.4. The normalized spacial score (nSPS) is 26.6. The van der Waals surface area contributed by atoms with Gasteiger partial charge >= 0.3 is 0 Å². The first-order valence-corrected chi connectivity index (χ1v) is 13.0. The molecule has 2 fully saturated rings. The average Bonchev–Trinajstić information content (AvgIpc) is 2.84.